The number of rotatable bonds is 7. The molecule has 1 aromatic rings. The molecule has 1 aliphatic heterocycles. The molecule has 2 rings (SSSR count). The van der Waals surface area contributed by atoms with Crippen molar-refractivity contribution in [3.8, 4) is 11.5 Å². The molecule has 8 nitrogen and oxygen atoms in total. The number of benzene rings is 1. The first-order chi connectivity index (χ1) is 12.3. The van der Waals surface area contributed by atoms with Crippen molar-refractivity contribution >= 4 is 16.2 Å². The van der Waals surface area contributed by atoms with E-state index in [2.05, 4.69) is 0 Å². The molecule has 0 amide bonds. The molecular weight excluding hydrogens is 360 g/mol. The molecule has 0 saturated carbocycles. The Hall–Kier alpha value is -1.84. The third-order valence-corrected chi connectivity index (χ3v) is 6.33. The van der Waals surface area contributed by atoms with Crippen LogP contribution in [0.3, 0.4) is 0 Å². The summed E-state index contributed by atoms with van der Waals surface area (Å²) in [5, 5.41) is 0. The zero-order chi connectivity index (χ0) is 19.5. The van der Waals surface area contributed by atoms with Crippen LogP contribution in [0, 0.1) is 0 Å². The fourth-order valence-electron chi connectivity index (χ4n) is 3.08. The standard InChI is InChI=1S/C17H26N2O6S/c1-6-25-17(20)11-14-13-10-16(24-5)15(23-4)9-12(13)7-8-19(14)26(21,22)18(2)3/h9-10,14H,6-8,11H2,1-5H3. The van der Waals surface area contributed by atoms with E-state index in [0.717, 1.165) is 15.4 Å². The van der Waals surface area contributed by atoms with E-state index in [1.807, 2.05) is 6.07 Å². The van der Waals surface area contributed by atoms with Crippen molar-refractivity contribution in [3.63, 3.8) is 0 Å². The minimum atomic E-state index is -3.70. The van der Waals surface area contributed by atoms with E-state index in [0.29, 0.717) is 17.9 Å². The highest BCUT2D eigenvalue weighted by atomic mass is 32.2. The van der Waals surface area contributed by atoms with E-state index in [1.165, 1.54) is 25.5 Å². The summed E-state index contributed by atoms with van der Waals surface area (Å²) < 4.78 is 43.8. The Labute approximate surface area is 154 Å². The molecule has 1 atom stereocenters. The molecule has 0 fully saturated rings. The van der Waals surface area contributed by atoms with E-state index in [4.69, 9.17) is 14.2 Å². The molecule has 1 aliphatic rings. The Bertz CT molecular complexity index is 763. The molecule has 0 aliphatic carbocycles. The summed E-state index contributed by atoms with van der Waals surface area (Å²) in [5.74, 6) is 0.619. The van der Waals surface area contributed by atoms with Gasteiger partial charge in [-0.3, -0.25) is 4.79 Å². The van der Waals surface area contributed by atoms with E-state index >= 15 is 0 Å². The van der Waals surface area contributed by atoms with Crippen molar-refractivity contribution in [2.75, 3.05) is 41.5 Å². The van der Waals surface area contributed by atoms with Gasteiger partial charge in [0, 0.05) is 20.6 Å². The van der Waals surface area contributed by atoms with Crippen molar-refractivity contribution in [1.29, 1.82) is 0 Å². The molecule has 1 aromatic carbocycles. The van der Waals surface area contributed by atoms with Crippen LogP contribution < -0.4 is 9.47 Å². The van der Waals surface area contributed by atoms with Gasteiger partial charge in [-0.25, -0.2) is 0 Å². The topological polar surface area (TPSA) is 85.4 Å². The SMILES string of the molecule is CCOC(=O)CC1c2cc(OC)c(OC)cc2CCN1S(=O)(=O)N(C)C. The Balaban J connectivity index is 2.54. The number of fused-ring (bicyclic) bond motifs is 1. The lowest BCUT2D eigenvalue weighted by Gasteiger charge is -2.37. The van der Waals surface area contributed by atoms with Gasteiger partial charge < -0.3 is 14.2 Å². The van der Waals surface area contributed by atoms with Crippen LogP contribution in [0.5, 0.6) is 11.5 Å². The molecule has 0 aromatic heterocycles. The molecule has 0 saturated heterocycles. The zero-order valence-corrected chi connectivity index (χ0v) is 16.6. The largest absolute Gasteiger partial charge is 0.493 e. The van der Waals surface area contributed by atoms with Crippen LogP contribution in [0.25, 0.3) is 0 Å². The van der Waals surface area contributed by atoms with Gasteiger partial charge in [-0.1, -0.05) is 0 Å². The Morgan fingerprint density at radius 2 is 1.85 bits per heavy atom. The lowest BCUT2D eigenvalue weighted by Crippen LogP contribution is -2.46. The van der Waals surface area contributed by atoms with E-state index in [-0.39, 0.29) is 19.6 Å². The number of methoxy groups -OCH3 is 2. The first-order valence-corrected chi connectivity index (χ1v) is 9.75. The zero-order valence-electron chi connectivity index (χ0n) is 15.8. The van der Waals surface area contributed by atoms with Crippen LogP contribution in [-0.4, -0.2) is 64.5 Å². The predicted octanol–water partition coefficient (Wildman–Crippen LogP) is 1.36. The average Bonchev–Trinajstić information content (AvgIpc) is 2.60. The van der Waals surface area contributed by atoms with Crippen molar-refractivity contribution in [3.05, 3.63) is 23.3 Å². The smallest absolute Gasteiger partial charge is 0.307 e. The Morgan fingerprint density at radius 3 is 2.38 bits per heavy atom. The predicted molar refractivity (Wildman–Crippen MR) is 96.6 cm³/mol. The second-order valence-corrected chi connectivity index (χ2v) is 8.18. The summed E-state index contributed by atoms with van der Waals surface area (Å²) in [6.07, 6.45) is 0.450. The first kappa shape index (κ1) is 20.5. The molecule has 1 heterocycles. The Kier molecular flexibility index (Phi) is 6.48. The normalized spacial score (nSPS) is 17.7. The lowest BCUT2D eigenvalue weighted by molar-refractivity contribution is -0.144. The van der Waals surface area contributed by atoms with Gasteiger partial charge in [0.25, 0.3) is 10.2 Å². The second-order valence-electron chi connectivity index (χ2n) is 6.08. The van der Waals surface area contributed by atoms with Gasteiger partial charge in [0.05, 0.1) is 33.3 Å². The number of hydrogen-bond donors (Lipinski definition) is 0. The van der Waals surface area contributed by atoms with Crippen LogP contribution >= 0.6 is 0 Å². The van der Waals surface area contributed by atoms with Crippen LogP contribution in [0.2, 0.25) is 0 Å². The van der Waals surface area contributed by atoms with Crippen LogP contribution in [0.1, 0.15) is 30.5 Å². The highest BCUT2D eigenvalue weighted by Gasteiger charge is 2.38. The molecular formula is C17H26N2O6S. The number of hydrogen-bond acceptors (Lipinski definition) is 6. The fraction of sp³-hybridized carbons (Fsp3) is 0.588. The summed E-state index contributed by atoms with van der Waals surface area (Å²) in [6.45, 7) is 2.23. The summed E-state index contributed by atoms with van der Waals surface area (Å²) in [7, 11) is 2.31. The lowest BCUT2D eigenvalue weighted by atomic mass is 9.91. The average molecular weight is 386 g/mol. The molecule has 0 N–H and O–H groups in total. The molecule has 0 bridgehead atoms. The van der Waals surface area contributed by atoms with Crippen LogP contribution in [0.4, 0.5) is 0 Å². The monoisotopic (exact) mass is 386 g/mol. The summed E-state index contributed by atoms with van der Waals surface area (Å²) in [5.41, 5.74) is 1.66. The van der Waals surface area contributed by atoms with Crippen molar-refractivity contribution in [2.45, 2.75) is 25.8 Å². The van der Waals surface area contributed by atoms with Gasteiger partial charge in [0.1, 0.15) is 0 Å². The molecule has 1 unspecified atom stereocenters. The van der Waals surface area contributed by atoms with Gasteiger partial charge in [0.15, 0.2) is 11.5 Å². The molecule has 146 valence electrons. The summed E-state index contributed by atoms with van der Waals surface area (Å²) in [6, 6.07) is 2.92. The van der Waals surface area contributed by atoms with E-state index < -0.39 is 22.2 Å². The van der Waals surface area contributed by atoms with Gasteiger partial charge in [0.2, 0.25) is 0 Å². The van der Waals surface area contributed by atoms with Gasteiger partial charge in [-0.05, 0) is 36.6 Å². The summed E-state index contributed by atoms with van der Waals surface area (Å²) >= 11 is 0. The van der Waals surface area contributed by atoms with Gasteiger partial charge >= 0.3 is 5.97 Å². The van der Waals surface area contributed by atoms with Crippen LogP contribution in [0.15, 0.2) is 12.1 Å². The number of ether oxygens (including phenoxy) is 3. The van der Waals surface area contributed by atoms with Crippen LogP contribution in [-0.2, 0) is 26.2 Å². The maximum Gasteiger partial charge on any atom is 0.307 e. The molecule has 0 spiro atoms. The quantitative estimate of drug-likeness (QED) is 0.658. The maximum absolute atomic E-state index is 12.8. The highest BCUT2D eigenvalue weighted by molar-refractivity contribution is 7.86. The van der Waals surface area contributed by atoms with Gasteiger partial charge in [-0.15, -0.1) is 0 Å². The first-order valence-electron chi connectivity index (χ1n) is 8.35. The minimum Gasteiger partial charge on any atom is -0.493 e. The molecule has 0 radical (unpaired) electrons. The number of nitrogens with zero attached hydrogens (tertiary/aromatic N) is 2. The fourth-order valence-corrected chi connectivity index (χ4v) is 4.33. The van der Waals surface area contributed by atoms with Crippen molar-refractivity contribution < 1.29 is 27.4 Å². The van der Waals surface area contributed by atoms with E-state index in [9.17, 15) is 13.2 Å². The number of carbonyl (C=O) groups excluding carboxylic acids is 1. The van der Waals surface area contributed by atoms with Crippen molar-refractivity contribution in [1.82, 2.24) is 8.61 Å². The Morgan fingerprint density at radius 1 is 1.23 bits per heavy atom. The maximum atomic E-state index is 12.8. The molecule has 9 heteroatoms. The number of carbonyl (C=O) groups is 1. The highest BCUT2D eigenvalue weighted by Crippen LogP contribution is 2.40. The number of esters is 1. The second kappa shape index (κ2) is 8.24. The van der Waals surface area contributed by atoms with Crippen molar-refractivity contribution in [2.24, 2.45) is 0 Å². The minimum absolute atomic E-state index is 0.0661. The van der Waals surface area contributed by atoms with Gasteiger partial charge in [-0.2, -0.15) is 17.0 Å². The third kappa shape index (κ3) is 3.94. The summed E-state index contributed by atoms with van der Waals surface area (Å²) in [4.78, 5) is 12.1. The molecule has 26 heavy (non-hydrogen) atoms. The third-order valence-electron chi connectivity index (χ3n) is 4.38. The van der Waals surface area contributed by atoms with E-state index in [1.54, 1.807) is 20.1 Å².